The summed E-state index contributed by atoms with van der Waals surface area (Å²) in [5.74, 6) is -2.53. The third-order valence-electron chi connectivity index (χ3n) is 5.76. The highest BCUT2D eigenvalue weighted by Crippen LogP contribution is 2.39. The summed E-state index contributed by atoms with van der Waals surface area (Å²) in [5.41, 5.74) is -0.481. The average molecular weight is 547 g/mol. The van der Waals surface area contributed by atoms with Crippen LogP contribution in [0.2, 0.25) is 0 Å². The molecule has 5 aromatic rings. The first-order chi connectivity index (χ1) is 19.2. The number of ether oxygens (including phenoxy) is 3. The number of hydrogen-bond acceptors (Lipinski definition) is 6. The highest BCUT2D eigenvalue weighted by molar-refractivity contribution is 5.97. The number of amides is 1. The highest BCUT2D eigenvalue weighted by Gasteiger charge is 2.40. The largest absolute Gasteiger partial charge is 0.497 e. The molecule has 1 heterocycles. The van der Waals surface area contributed by atoms with Crippen LogP contribution in [-0.2, 0) is 6.18 Å². The minimum Gasteiger partial charge on any atom is -0.497 e. The fraction of sp³-hybridized carbons (Fsp3) is 0.0667. The molecule has 0 radical (unpaired) electrons. The zero-order chi connectivity index (χ0) is 28.3. The van der Waals surface area contributed by atoms with Gasteiger partial charge in [0.25, 0.3) is 5.76 Å². The van der Waals surface area contributed by atoms with Gasteiger partial charge in [-0.15, -0.1) is 0 Å². The number of hydrogen-bond donors (Lipinski definition) is 0. The quantitative estimate of drug-likeness (QED) is 0.215. The lowest BCUT2D eigenvalue weighted by molar-refractivity contribution is -0.154. The molecule has 0 spiro atoms. The summed E-state index contributed by atoms with van der Waals surface area (Å²) in [6.07, 6.45) is -5.89. The van der Waals surface area contributed by atoms with Crippen molar-refractivity contribution < 1.29 is 36.6 Å². The van der Waals surface area contributed by atoms with Gasteiger partial charge in [-0.2, -0.15) is 13.2 Å². The zero-order valence-electron chi connectivity index (χ0n) is 20.8. The molecule has 7 nitrogen and oxygen atoms in total. The fourth-order valence-corrected chi connectivity index (χ4v) is 3.94. The molecule has 0 saturated heterocycles. The lowest BCUT2D eigenvalue weighted by Gasteiger charge is -2.22. The van der Waals surface area contributed by atoms with Crippen molar-refractivity contribution in [3.05, 3.63) is 119 Å². The van der Waals surface area contributed by atoms with Crippen LogP contribution in [0.4, 0.5) is 29.3 Å². The molecule has 0 atom stereocenters. The Balaban J connectivity index is 1.53. The van der Waals surface area contributed by atoms with E-state index in [9.17, 15) is 22.8 Å². The Morgan fingerprint density at radius 2 is 1.40 bits per heavy atom. The third kappa shape index (κ3) is 5.46. The number of para-hydroxylation sites is 2. The Labute approximate surface area is 225 Å². The Kier molecular flexibility index (Phi) is 7.15. The maximum Gasteiger partial charge on any atom is 0.453 e. The van der Waals surface area contributed by atoms with Crippen LogP contribution in [0.5, 0.6) is 23.0 Å². The van der Waals surface area contributed by atoms with Crippen LogP contribution in [0.1, 0.15) is 5.76 Å². The van der Waals surface area contributed by atoms with Crippen LogP contribution in [0.3, 0.4) is 0 Å². The fourth-order valence-electron chi connectivity index (χ4n) is 3.94. The molecule has 1 amide bonds. The van der Waals surface area contributed by atoms with Crippen LogP contribution in [0, 0.1) is 0 Å². The number of rotatable bonds is 6. The van der Waals surface area contributed by atoms with Crippen molar-refractivity contribution in [2.24, 2.45) is 0 Å². The van der Waals surface area contributed by atoms with Crippen molar-refractivity contribution in [1.82, 2.24) is 0 Å². The predicted molar refractivity (Wildman–Crippen MR) is 142 cm³/mol. The molecular weight excluding hydrogens is 527 g/mol. The zero-order valence-corrected chi connectivity index (χ0v) is 20.8. The molecule has 0 N–H and O–H groups in total. The Bertz CT molecular complexity index is 1680. The number of halogens is 3. The van der Waals surface area contributed by atoms with Gasteiger partial charge in [0.2, 0.25) is 11.2 Å². The highest BCUT2D eigenvalue weighted by atomic mass is 19.4. The van der Waals surface area contributed by atoms with E-state index in [0.29, 0.717) is 17.1 Å². The van der Waals surface area contributed by atoms with E-state index in [1.807, 2.05) is 0 Å². The van der Waals surface area contributed by atoms with E-state index in [2.05, 4.69) is 0 Å². The van der Waals surface area contributed by atoms with Crippen molar-refractivity contribution in [2.45, 2.75) is 6.18 Å². The lowest BCUT2D eigenvalue weighted by atomic mass is 10.2. The first kappa shape index (κ1) is 26.4. The summed E-state index contributed by atoms with van der Waals surface area (Å²) < 4.78 is 62.9. The van der Waals surface area contributed by atoms with Gasteiger partial charge in [0, 0.05) is 12.1 Å². The Hall–Kier alpha value is -5.25. The topological polar surface area (TPSA) is 78.2 Å². The second-order valence-corrected chi connectivity index (χ2v) is 8.40. The van der Waals surface area contributed by atoms with Crippen molar-refractivity contribution in [2.75, 3.05) is 12.0 Å². The van der Waals surface area contributed by atoms with E-state index in [1.54, 1.807) is 66.7 Å². The van der Waals surface area contributed by atoms with Crippen LogP contribution in [-0.4, -0.2) is 13.2 Å². The molecule has 0 fully saturated rings. The molecule has 4 aromatic carbocycles. The standard InChI is InChI=1S/C30H20F3NO6/c1-37-21-13-8-14-22(17-21)38-27-26(35)24-16-15-23(18-25(24)40-28(27)30(31,32)33)39-29(36)34(19-9-4-2-5-10-19)20-11-6-3-7-12-20/h2-18H,1H3. The molecule has 0 aliphatic rings. The number of alkyl halides is 3. The Morgan fingerprint density at radius 3 is 2.00 bits per heavy atom. The minimum absolute atomic E-state index is 0.0519. The summed E-state index contributed by atoms with van der Waals surface area (Å²) in [5, 5.41) is -0.200. The molecule has 10 heteroatoms. The molecule has 202 valence electrons. The number of methoxy groups -OCH3 is 1. The van der Waals surface area contributed by atoms with Crippen LogP contribution >= 0.6 is 0 Å². The van der Waals surface area contributed by atoms with Crippen molar-refractivity contribution in [3.63, 3.8) is 0 Å². The van der Waals surface area contributed by atoms with E-state index in [-0.39, 0.29) is 16.9 Å². The van der Waals surface area contributed by atoms with Crippen LogP contribution in [0.15, 0.2) is 112 Å². The van der Waals surface area contributed by atoms with Gasteiger partial charge in [0.05, 0.1) is 23.9 Å². The molecular formula is C30H20F3NO6. The van der Waals surface area contributed by atoms with E-state index in [4.69, 9.17) is 18.6 Å². The van der Waals surface area contributed by atoms with Gasteiger partial charge in [0.1, 0.15) is 22.8 Å². The number of benzene rings is 4. The molecule has 0 aliphatic carbocycles. The van der Waals surface area contributed by atoms with E-state index in [0.717, 1.165) is 6.07 Å². The summed E-state index contributed by atoms with van der Waals surface area (Å²) in [6, 6.07) is 26.7. The molecule has 0 unspecified atom stereocenters. The van der Waals surface area contributed by atoms with Gasteiger partial charge in [-0.05, 0) is 48.5 Å². The minimum atomic E-state index is -5.06. The second kappa shape index (κ2) is 10.9. The van der Waals surface area contributed by atoms with E-state index in [1.165, 1.54) is 42.3 Å². The monoisotopic (exact) mass is 547 g/mol. The summed E-state index contributed by atoms with van der Waals surface area (Å²) in [7, 11) is 1.38. The molecule has 1 aromatic heterocycles. The van der Waals surface area contributed by atoms with Gasteiger partial charge in [-0.1, -0.05) is 42.5 Å². The smallest absolute Gasteiger partial charge is 0.453 e. The number of nitrogens with zero attached hydrogens (tertiary/aromatic N) is 1. The number of anilines is 2. The third-order valence-corrected chi connectivity index (χ3v) is 5.76. The summed E-state index contributed by atoms with van der Waals surface area (Å²) in [4.78, 5) is 27.7. The van der Waals surface area contributed by atoms with Crippen molar-refractivity contribution >= 4 is 28.4 Å². The first-order valence-electron chi connectivity index (χ1n) is 11.9. The van der Waals surface area contributed by atoms with Gasteiger partial charge in [0.15, 0.2) is 0 Å². The van der Waals surface area contributed by atoms with E-state index < -0.39 is 34.8 Å². The normalized spacial score (nSPS) is 11.2. The summed E-state index contributed by atoms with van der Waals surface area (Å²) >= 11 is 0. The van der Waals surface area contributed by atoms with E-state index >= 15 is 0 Å². The lowest BCUT2D eigenvalue weighted by Crippen LogP contribution is -2.29. The number of carbonyl (C=O) groups is 1. The molecule has 0 saturated carbocycles. The SMILES string of the molecule is COc1cccc(Oc2c(C(F)(F)F)oc3cc(OC(=O)N(c4ccccc4)c4ccccc4)ccc3c2=O)c1. The van der Waals surface area contributed by atoms with Crippen molar-refractivity contribution in [3.8, 4) is 23.0 Å². The van der Waals surface area contributed by atoms with Crippen LogP contribution < -0.4 is 24.5 Å². The number of carbonyl (C=O) groups excluding carboxylic acids is 1. The molecule has 5 rings (SSSR count). The van der Waals surface area contributed by atoms with Crippen LogP contribution in [0.25, 0.3) is 11.0 Å². The van der Waals surface area contributed by atoms with Gasteiger partial charge >= 0.3 is 12.3 Å². The average Bonchev–Trinajstić information content (AvgIpc) is 2.95. The van der Waals surface area contributed by atoms with Gasteiger partial charge < -0.3 is 18.6 Å². The van der Waals surface area contributed by atoms with Gasteiger partial charge in [-0.3, -0.25) is 4.79 Å². The number of fused-ring (bicyclic) bond motifs is 1. The second-order valence-electron chi connectivity index (χ2n) is 8.40. The maximum absolute atomic E-state index is 14.0. The molecule has 0 bridgehead atoms. The van der Waals surface area contributed by atoms with Crippen molar-refractivity contribution in [1.29, 1.82) is 0 Å². The first-order valence-corrected chi connectivity index (χ1v) is 11.9. The molecule has 40 heavy (non-hydrogen) atoms. The maximum atomic E-state index is 14.0. The molecule has 0 aliphatic heterocycles. The Morgan fingerprint density at radius 1 is 0.775 bits per heavy atom. The summed E-state index contributed by atoms with van der Waals surface area (Å²) in [6.45, 7) is 0. The predicted octanol–water partition coefficient (Wildman–Crippen LogP) is 7.95. The van der Waals surface area contributed by atoms with Gasteiger partial charge in [-0.25, -0.2) is 9.69 Å².